The molecule has 4 aromatic rings. The third-order valence-electron chi connectivity index (χ3n) is 5.07. The molecule has 1 aromatic heterocycles. The van der Waals surface area contributed by atoms with E-state index in [0.29, 0.717) is 28.7 Å². The molecular weight excluding hydrogens is 456 g/mol. The number of benzene rings is 3. The number of carboxylic acid groups (broad SMARTS) is 1. The van der Waals surface area contributed by atoms with E-state index in [9.17, 15) is 18.3 Å². The molecule has 0 aliphatic rings. The van der Waals surface area contributed by atoms with E-state index in [-0.39, 0.29) is 22.8 Å². The molecule has 4 rings (SSSR count). The molecule has 9 heteroatoms. The summed E-state index contributed by atoms with van der Waals surface area (Å²) < 4.78 is 39.4. The first kappa shape index (κ1) is 23.1. The molecule has 0 radical (unpaired) electrons. The summed E-state index contributed by atoms with van der Waals surface area (Å²) in [5.41, 5.74) is 2.08. The van der Waals surface area contributed by atoms with Gasteiger partial charge in [-0.25, -0.2) is 18.2 Å². The van der Waals surface area contributed by atoms with Crippen molar-refractivity contribution in [1.82, 2.24) is 4.98 Å². The first-order valence-corrected chi connectivity index (χ1v) is 11.8. The summed E-state index contributed by atoms with van der Waals surface area (Å²) in [4.78, 5) is 15.9. The number of aromatic carboxylic acids is 1. The number of aromatic nitrogens is 1. The van der Waals surface area contributed by atoms with Gasteiger partial charge in [-0.05, 0) is 62.4 Å². The Morgan fingerprint density at radius 1 is 1.03 bits per heavy atom. The Morgan fingerprint density at radius 3 is 2.41 bits per heavy atom. The van der Waals surface area contributed by atoms with Crippen LogP contribution in [0.25, 0.3) is 11.5 Å². The van der Waals surface area contributed by atoms with E-state index in [0.717, 1.165) is 5.56 Å². The Morgan fingerprint density at radius 2 is 1.74 bits per heavy atom. The van der Waals surface area contributed by atoms with Crippen LogP contribution >= 0.6 is 0 Å². The summed E-state index contributed by atoms with van der Waals surface area (Å²) in [5.74, 6) is 0.364. The van der Waals surface area contributed by atoms with Crippen molar-refractivity contribution in [3.63, 3.8) is 0 Å². The minimum Gasteiger partial charge on any atom is -0.487 e. The van der Waals surface area contributed by atoms with Gasteiger partial charge in [-0.1, -0.05) is 29.8 Å². The van der Waals surface area contributed by atoms with Crippen molar-refractivity contribution < 1.29 is 27.5 Å². The van der Waals surface area contributed by atoms with E-state index in [1.807, 2.05) is 30.3 Å². The fourth-order valence-corrected chi connectivity index (χ4v) is 4.34. The van der Waals surface area contributed by atoms with Gasteiger partial charge < -0.3 is 14.3 Å². The average molecular weight is 479 g/mol. The number of aryl methyl sites for hydroxylation is 2. The molecule has 3 aromatic carbocycles. The van der Waals surface area contributed by atoms with Gasteiger partial charge in [-0.15, -0.1) is 0 Å². The first-order valence-electron chi connectivity index (χ1n) is 10.3. The van der Waals surface area contributed by atoms with Gasteiger partial charge in [0.25, 0.3) is 10.0 Å². The number of carboxylic acids is 1. The number of rotatable bonds is 8. The molecule has 0 atom stereocenters. The summed E-state index contributed by atoms with van der Waals surface area (Å²) >= 11 is 0. The molecule has 1 heterocycles. The maximum Gasteiger partial charge on any atom is 0.337 e. The van der Waals surface area contributed by atoms with E-state index in [1.54, 1.807) is 19.9 Å². The summed E-state index contributed by atoms with van der Waals surface area (Å²) in [6.07, 6.45) is 0. The van der Waals surface area contributed by atoms with Gasteiger partial charge in [0.1, 0.15) is 23.8 Å². The Bertz CT molecular complexity index is 1430. The van der Waals surface area contributed by atoms with Crippen molar-refractivity contribution in [3.8, 4) is 17.2 Å². The summed E-state index contributed by atoms with van der Waals surface area (Å²) in [5, 5.41) is 9.37. The lowest BCUT2D eigenvalue weighted by molar-refractivity contribution is 0.0698. The Kier molecular flexibility index (Phi) is 6.38. The number of nitrogens with zero attached hydrogens (tertiary/aromatic N) is 1. The third-order valence-corrected chi connectivity index (χ3v) is 6.45. The van der Waals surface area contributed by atoms with Crippen molar-refractivity contribution in [3.05, 3.63) is 95.4 Å². The van der Waals surface area contributed by atoms with Crippen LogP contribution in [-0.4, -0.2) is 24.5 Å². The minimum absolute atomic E-state index is 0.00541. The number of anilines is 1. The highest BCUT2D eigenvalue weighted by Gasteiger charge is 2.19. The van der Waals surface area contributed by atoms with Crippen LogP contribution in [0, 0.1) is 13.8 Å². The molecule has 34 heavy (non-hydrogen) atoms. The molecule has 0 fully saturated rings. The molecule has 0 saturated carbocycles. The quantitative estimate of drug-likeness (QED) is 0.364. The number of ether oxygens (including phenoxy) is 1. The zero-order valence-corrected chi connectivity index (χ0v) is 19.3. The first-order chi connectivity index (χ1) is 16.2. The van der Waals surface area contributed by atoms with Crippen LogP contribution in [0.4, 0.5) is 5.69 Å². The smallest absolute Gasteiger partial charge is 0.337 e. The lowest BCUT2D eigenvalue weighted by atomic mass is 10.1. The third kappa shape index (κ3) is 5.10. The highest BCUT2D eigenvalue weighted by atomic mass is 32.2. The van der Waals surface area contributed by atoms with E-state index in [4.69, 9.17) is 9.15 Å². The highest BCUT2D eigenvalue weighted by molar-refractivity contribution is 7.92. The van der Waals surface area contributed by atoms with Gasteiger partial charge in [0.05, 0.1) is 16.1 Å². The number of oxazole rings is 1. The molecule has 0 amide bonds. The molecule has 2 N–H and O–H groups in total. The van der Waals surface area contributed by atoms with Crippen LogP contribution in [0.15, 0.2) is 82.1 Å². The van der Waals surface area contributed by atoms with E-state index < -0.39 is 16.0 Å². The average Bonchev–Trinajstić information content (AvgIpc) is 3.20. The standard InChI is InChI=1S/C25H22N2O6S/c1-16-8-13-22(21(14-16)25(28)29)27-34(30,31)20-11-9-19(10-12-20)32-15-23-17(2)33-24(26-23)18-6-4-3-5-7-18/h3-14,27H,15H2,1-2H3,(H,28,29). The zero-order chi connectivity index (χ0) is 24.3. The molecule has 0 saturated heterocycles. The van der Waals surface area contributed by atoms with E-state index in [1.165, 1.54) is 36.4 Å². The van der Waals surface area contributed by atoms with Crippen molar-refractivity contribution >= 4 is 21.7 Å². The van der Waals surface area contributed by atoms with E-state index in [2.05, 4.69) is 9.71 Å². The molecule has 0 unspecified atom stereocenters. The zero-order valence-electron chi connectivity index (χ0n) is 18.5. The summed E-state index contributed by atoms with van der Waals surface area (Å²) in [7, 11) is -4.00. The topological polar surface area (TPSA) is 119 Å². The molecular formula is C25H22N2O6S. The van der Waals surface area contributed by atoms with Gasteiger partial charge >= 0.3 is 5.97 Å². The molecule has 0 bridgehead atoms. The van der Waals surface area contributed by atoms with Crippen LogP contribution in [0.1, 0.15) is 27.4 Å². The normalized spacial score (nSPS) is 11.2. The largest absolute Gasteiger partial charge is 0.487 e. The number of hydrogen-bond donors (Lipinski definition) is 2. The monoisotopic (exact) mass is 478 g/mol. The van der Waals surface area contributed by atoms with Crippen molar-refractivity contribution in [2.75, 3.05) is 4.72 Å². The molecule has 8 nitrogen and oxygen atoms in total. The predicted octanol–water partition coefficient (Wildman–Crippen LogP) is 5.04. The van der Waals surface area contributed by atoms with Crippen molar-refractivity contribution in [1.29, 1.82) is 0 Å². The Hall–Kier alpha value is -4.11. The minimum atomic E-state index is -4.00. The van der Waals surface area contributed by atoms with Crippen molar-refractivity contribution in [2.45, 2.75) is 25.3 Å². The number of sulfonamides is 1. The molecule has 0 aliphatic heterocycles. The Labute approximate surface area is 196 Å². The van der Waals surface area contributed by atoms with Crippen LogP contribution < -0.4 is 9.46 Å². The van der Waals surface area contributed by atoms with Crippen LogP contribution in [0.2, 0.25) is 0 Å². The second-order valence-electron chi connectivity index (χ2n) is 7.61. The fourth-order valence-electron chi connectivity index (χ4n) is 3.26. The van der Waals surface area contributed by atoms with Crippen LogP contribution in [-0.2, 0) is 16.6 Å². The maximum atomic E-state index is 12.8. The summed E-state index contributed by atoms with van der Waals surface area (Å²) in [6, 6.07) is 19.8. The second kappa shape index (κ2) is 9.40. The molecule has 174 valence electrons. The number of carbonyl (C=O) groups is 1. The lowest BCUT2D eigenvalue weighted by Crippen LogP contribution is -2.15. The molecule has 0 spiro atoms. The fraction of sp³-hybridized carbons (Fsp3) is 0.120. The van der Waals surface area contributed by atoms with E-state index >= 15 is 0 Å². The van der Waals surface area contributed by atoms with Gasteiger partial charge in [-0.2, -0.15) is 0 Å². The van der Waals surface area contributed by atoms with Crippen LogP contribution in [0.5, 0.6) is 5.75 Å². The number of nitrogens with one attached hydrogen (secondary N) is 1. The summed E-state index contributed by atoms with van der Waals surface area (Å²) in [6.45, 7) is 3.68. The molecule has 0 aliphatic carbocycles. The second-order valence-corrected chi connectivity index (χ2v) is 9.29. The van der Waals surface area contributed by atoms with Gasteiger partial charge in [0.2, 0.25) is 5.89 Å². The predicted molar refractivity (Wildman–Crippen MR) is 126 cm³/mol. The SMILES string of the molecule is Cc1ccc(NS(=O)(=O)c2ccc(OCc3nc(-c4ccccc4)oc3C)cc2)c(C(=O)O)c1. The van der Waals surface area contributed by atoms with Gasteiger partial charge in [0.15, 0.2) is 0 Å². The Balaban J connectivity index is 1.46. The highest BCUT2D eigenvalue weighted by Crippen LogP contribution is 2.25. The maximum absolute atomic E-state index is 12.8. The van der Waals surface area contributed by atoms with Crippen LogP contribution in [0.3, 0.4) is 0 Å². The van der Waals surface area contributed by atoms with Crippen molar-refractivity contribution in [2.24, 2.45) is 0 Å². The number of hydrogen-bond acceptors (Lipinski definition) is 6. The van der Waals surface area contributed by atoms with Gasteiger partial charge in [-0.3, -0.25) is 4.72 Å². The lowest BCUT2D eigenvalue weighted by Gasteiger charge is -2.12. The van der Waals surface area contributed by atoms with Gasteiger partial charge in [0, 0.05) is 5.56 Å².